The van der Waals surface area contributed by atoms with E-state index >= 15 is 0 Å². The van der Waals surface area contributed by atoms with E-state index in [1.54, 1.807) is 0 Å². The Morgan fingerprint density at radius 2 is 1.54 bits per heavy atom. The van der Waals surface area contributed by atoms with Gasteiger partial charge in [0.05, 0.1) is 12.1 Å². The Morgan fingerprint density at radius 3 is 1.92 bits per heavy atom. The summed E-state index contributed by atoms with van der Waals surface area (Å²) in [7, 11) is 0. The first-order chi connectivity index (χ1) is 17.8. The zero-order chi connectivity index (χ0) is 30.3. The molecule has 18 heteroatoms. The largest absolute Gasteiger partial charge is 0.490 e. The number of nitrogens with two attached hydrogens (primary N) is 1. The van der Waals surface area contributed by atoms with E-state index in [4.69, 9.17) is 19.9 Å². The van der Waals surface area contributed by atoms with Crippen LogP contribution in [0, 0.1) is 0 Å². The number of hydrogen-bond acceptors (Lipinski definition) is 11. The van der Waals surface area contributed by atoms with Crippen molar-refractivity contribution in [2.75, 3.05) is 6.61 Å². The maximum atomic E-state index is 12.7. The van der Waals surface area contributed by atoms with Gasteiger partial charge in [0.25, 0.3) is 0 Å². The average Bonchev–Trinajstić information content (AvgIpc) is 2.75. The molecule has 222 valence electrons. The SMILES string of the molecule is CC(=O)N[C@H]1[C@H](C(OC(=O)NC(C)C)(OC(=O)NC(C)C)[C@H](O)COC(=O)C(F)(F)F)OC(C(=O)O)=C[C@@H]1N. The molecular weight excluding hydrogens is 541 g/mol. The van der Waals surface area contributed by atoms with Gasteiger partial charge in [0.15, 0.2) is 6.10 Å². The van der Waals surface area contributed by atoms with Crippen molar-refractivity contribution < 1.29 is 66.3 Å². The number of alkyl halides is 3. The highest BCUT2D eigenvalue weighted by molar-refractivity contribution is 5.85. The molecule has 0 radical (unpaired) electrons. The highest BCUT2D eigenvalue weighted by Gasteiger charge is 2.61. The summed E-state index contributed by atoms with van der Waals surface area (Å²) in [4.78, 5) is 60.3. The number of carbonyl (C=O) groups excluding carboxylic acids is 4. The lowest BCUT2D eigenvalue weighted by Crippen LogP contribution is -2.71. The van der Waals surface area contributed by atoms with E-state index in [-0.39, 0.29) is 0 Å². The second kappa shape index (κ2) is 13.3. The number of aliphatic hydroxyl groups excluding tert-OH is 1. The van der Waals surface area contributed by atoms with Crippen molar-refractivity contribution in [1.29, 1.82) is 0 Å². The van der Waals surface area contributed by atoms with Gasteiger partial charge in [0.1, 0.15) is 6.61 Å². The molecule has 0 aromatic heterocycles. The van der Waals surface area contributed by atoms with Gasteiger partial charge in [0, 0.05) is 19.0 Å². The van der Waals surface area contributed by atoms with Crippen LogP contribution in [0.15, 0.2) is 11.8 Å². The van der Waals surface area contributed by atoms with Crippen molar-refractivity contribution >= 4 is 30.0 Å². The van der Waals surface area contributed by atoms with Gasteiger partial charge in [0.2, 0.25) is 17.8 Å². The van der Waals surface area contributed by atoms with Crippen molar-refractivity contribution in [3.05, 3.63) is 11.8 Å². The molecule has 7 N–H and O–H groups in total. The molecule has 3 amide bonds. The standard InChI is InChI=1S/C21H31F3N4O11/c1-8(2)26-18(34)38-20(39-19(35)27-9(3)4,13(30)7-36-17(33)21(22,23)24)15-14(28-10(5)29)11(25)6-12(37-15)16(31)32/h6,8-9,11,13-15,30H,7,25H2,1-5H3,(H,26,34)(H,27,35)(H,28,29)(H,31,32)/t11-,13+,14+,15+/m0/s1. The van der Waals surface area contributed by atoms with Crippen LogP contribution in [0.1, 0.15) is 34.6 Å². The molecule has 0 aromatic carbocycles. The minimum Gasteiger partial charge on any atom is -0.475 e. The van der Waals surface area contributed by atoms with Crippen molar-refractivity contribution in [3.63, 3.8) is 0 Å². The quantitative estimate of drug-likeness (QED) is 0.145. The van der Waals surface area contributed by atoms with Crippen LogP contribution in [-0.2, 0) is 33.3 Å². The highest BCUT2D eigenvalue weighted by atomic mass is 19.4. The number of carboxylic acids is 1. The van der Waals surface area contributed by atoms with Gasteiger partial charge < -0.3 is 50.8 Å². The summed E-state index contributed by atoms with van der Waals surface area (Å²) in [6.45, 7) is 5.26. The molecule has 1 rings (SSSR count). The first-order valence-electron chi connectivity index (χ1n) is 11.4. The van der Waals surface area contributed by atoms with Gasteiger partial charge in [-0.2, -0.15) is 13.2 Å². The molecule has 1 aliphatic rings. The second-order valence-corrected chi connectivity index (χ2v) is 8.89. The molecule has 0 fully saturated rings. The summed E-state index contributed by atoms with van der Waals surface area (Å²) in [6.07, 6.45) is -12.4. The molecule has 15 nitrogen and oxygen atoms in total. The lowest BCUT2D eigenvalue weighted by Gasteiger charge is -2.46. The minimum absolute atomic E-state index is 0.643. The van der Waals surface area contributed by atoms with E-state index in [2.05, 4.69) is 20.7 Å². The molecule has 1 aliphatic heterocycles. The smallest absolute Gasteiger partial charge is 0.475 e. The predicted octanol–water partition coefficient (Wildman–Crippen LogP) is -0.382. The Morgan fingerprint density at radius 1 is 1.05 bits per heavy atom. The van der Waals surface area contributed by atoms with E-state index in [0.29, 0.717) is 0 Å². The fourth-order valence-electron chi connectivity index (χ4n) is 3.23. The summed E-state index contributed by atoms with van der Waals surface area (Å²) >= 11 is 0. The van der Waals surface area contributed by atoms with Crippen molar-refractivity contribution in [1.82, 2.24) is 16.0 Å². The van der Waals surface area contributed by atoms with Crippen LogP contribution in [-0.4, -0.2) is 95.2 Å². The van der Waals surface area contributed by atoms with Gasteiger partial charge >= 0.3 is 36.1 Å². The number of aliphatic hydroxyl groups is 1. The fraction of sp³-hybridized carbons (Fsp3) is 0.667. The van der Waals surface area contributed by atoms with Crippen LogP contribution >= 0.6 is 0 Å². The van der Waals surface area contributed by atoms with Gasteiger partial charge in [-0.1, -0.05) is 0 Å². The van der Waals surface area contributed by atoms with Gasteiger partial charge in [-0.15, -0.1) is 0 Å². The molecule has 0 unspecified atom stereocenters. The number of alkyl carbamates (subject to hydrolysis) is 2. The van der Waals surface area contributed by atoms with Crippen molar-refractivity contribution in [3.8, 4) is 0 Å². The lowest BCUT2D eigenvalue weighted by molar-refractivity contribution is -0.287. The number of hydrogen-bond donors (Lipinski definition) is 6. The maximum absolute atomic E-state index is 12.7. The first kappa shape index (κ1) is 33.2. The van der Waals surface area contributed by atoms with E-state index in [1.807, 2.05) is 0 Å². The van der Waals surface area contributed by atoms with Crippen molar-refractivity contribution in [2.24, 2.45) is 5.73 Å². The summed E-state index contributed by atoms with van der Waals surface area (Å²) in [5.41, 5.74) is 5.98. The van der Waals surface area contributed by atoms with Crippen LogP contribution in [0.3, 0.4) is 0 Å². The molecule has 0 spiro atoms. The Labute approximate surface area is 220 Å². The molecule has 0 saturated carbocycles. The number of halogens is 3. The number of carboxylic acid groups (broad SMARTS) is 1. The molecule has 39 heavy (non-hydrogen) atoms. The second-order valence-electron chi connectivity index (χ2n) is 8.89. The van der Waals surface area contributed by atoms with Crippen LogP contribution in [0.25, 0.3) is 0 Å². The lowest BCUT2D eigenvalue weighted by atomic mass is 9.89. The third kappa shape index (κ3) is 9.47. The molecule has 0 aliphatic carbocycles. The van der Waals surface area contributed by atoms with Gasteiger partial charge in [-0.25, -0.2) is 19.2 Å². The van der Waals surface area contributed by atoms with Crippen molar-refractivity contribution in [2.45, 2.75) is 83.0 Å². The van der Waals surface area contributed by atoms with Crippen LogP contribution in [0.2, 0.25) is 0 Å². The summed E-state index contributed by atoms with van der Waals surface area (Å²) in [5.74, 6) is -9.50. The average molecular weight is 572 g/mol. The van der Waals surface area contributed by atoms with E-state index in [9.17, 15) is 47.4 Å². The third-order valence-electron chi connectivity index (χ3n) is 4.70. The van der Waals surface area contributed by atoms with E-state index < -0.39 is 90.7 Å². The molecule has 1 heterocycles. The molecular formula is C21H31F3N4O11. The van der Waals surface area contributed by atoms with Crippen LogP contribution in [0.5, 0.6) is 0 Å². The highest BCUT2D eigenvalue weighted by Crippen LogP contribution is 2.34. The topological polar surface area (TPSA) is 225 Å². The predicted molar refractivity (Wildman–Crippen MR) is 121 cm³/mol. The number of nitrogens with one attached hydrogen (secondary N) is 3. The minimum atomic E-state index is -5.50. The summed E-state index contributed by atoms with van der Waals surface area (Å²) in [5, 5.41) is 27.2. The zero-order valence-electron chi connectivity index (χ0n) is 21.5. The normalized spacial score (nSPS) is 20.2. The van der Waals surface area contributed by atoms with Crippen LogP contribution < -0.4 is 21.7 Å². The number of aliphatic carboxylic acids is 1. The Balaban J connectivity index is 3.81. The first-order valence-corrected chi connectivity index (χ1v) is 11.4. The number of ether oxygens (including phenoxy) is 4. The van der Waals surface area contributed by atoms with Gasteiger partial charge in [-0.3, -0.25) is 4.79 Å². The molecule has 0 bridgehead atoms. The Bertz CT molecular complexity index is 947. The Kier molecular flexibility index (Phi) is 11.3. The maximum Gasteiger partial charge on any atom is 0.490 e. The number of rotatable bonds is 10. The fourth-order valence-corrected chi connectivity index (χ4v) is 3.23. The van der Waals surface area contributed by atoms with Crippen LogP contribution in [0.4, 0.5) is 22.8 Å². The number of carbonyl (C=O) groups is 5. The molecule has 0 saturated heterocycles. The van der Waals surface area contributed by atoms with E-state index in [0.717, 1.165) is 13.0 Å². The summed E-state index contributed by atoms with van der Waals surface area (Å²) in [6, 6.07) is -4.38. The third-order valence-corrected chi connectivity index (χ3v) is 4.70. The number of amides is 3. The summed E-state index contributed by atoms with van der Waals surface area (Å²) < 4.78 is 58.0. The zero-order valence-corrected chi connectivity index (χ0v) is 21.5. The molecule has 0 aromatic rings. The number of esters is 1. The molecule has 4 atom stereocenters. The Hall–Kier alpha value is -3.80. The van der Waals surface area contributed by atoms with Gasteiger partial charge in [-0.05, 0) is 33.8 Å². The monoisotopic (exact) mass is 572 g/mol. The van der Waals surface area contributed by atoms with E-state index in [1.165, 1.54) is 27.7 Å².